The summed E-state index contributed by atoms with van der Waals surface area (Å²) in [5, 5.41) is 9.88. The molecule has 0 radical (unpaired) electrons. The van der Waals surface area contributed by atoms with Gasteiger partial charge in [-0.1, -0.05) is 59.6 Å². The summed E-state index contributed by atoms with van der Waals surface area (Å²) < 4.78 is 5.48. The molecular weight excluding hydrogens is 283 g/mol. The molecule has 0 aliphatic rings. The van der Waals surface area contributed by atoms with Crippen LogP contribution in [0.3, 0.4) is 0 Å². The monoisotopic (exact) mass is 294 g/mol. The van der Waals surface area contributed by atoms with Crippen LogP contribution in [0.15, 0.2) is 48.5 Å². The van der Waals surface area contributed by atoms with Gasteiger partial charge in [-0.15, -0.1) is 0 Å². The highest BCUT2D eigenvalue weighted by molar-refractivity contribution is 6.37. The van der Waals surface area contributed by atoms with Gasteiger partial charge >= 0.3 is 0 Å². The first-order valence-corrected chi connectivity index (χ1v) is 6.45. The van der Waals surface area contributed by atoms with E-state index in [9.17, 15) is 5.11 Å². The zero-order valence-electron chi connectivity index (χ0n) is 10.0. The van der Waals surface area contributed by atoms with E-state index < -0.39 is 0 Å². The lowest BCUT2D eigenvalue weighted by Crippen LogP contribution is -1.94. The van der Waals surface area contributed by atoms with Gasteiger partial charge in [0.1, 0.15) is 12.4 Å². The molecular formula is C15H12Cl2O2. The molecule has 0 spiro atoms. The molecule has 0 bridgehead atoms. The highest BCUT2D eigenvalue weighted by atomic mass is 35.5. The van der Waals surface area contributed by atoms with Crippen LogP contribution >= 0.6 is 23.2 Å². The minimum absolute atomic E-state index is 0.0159. The first kappa shape index (κ1) is 13.8. The van der Waals surface area contributed by atoms with Crippen LogP contribution in [0.1, 0.15) is 5.56 Å². The smallest absolute Gasteiger partial charge is 0.157 e. The zero-order chi connectivity index (χ0) is 13.7. The fraction of sp³-hybridized carbons (Fsp3) is 0.0667. The first-order valence-electron chi connectivity index (χ1n) is 5.69. The number of phenolic OH excluding ortho intramolecular Hbond substituents is 1. The van der Waals surface area contributed by atoms with Gasteiger partial charge in [-0.3, -0.25) is 0 Å². The van der Waals surface area contributed by atoms with Crippen LogP contribution in [-0.4, -0.2) is 11.7 Å². The van der Waals surface area contributed by atoms with Gasteiger partial charge in [0.05, 0.1) is 10.0 Å². The summed E-state index contributed by atoms with van der Waals surface area (Å²) in [7, 11) is 0. The maximum absolute atomic E-state index is 9.30. The van der Waals surface area contributed by atoms with Crippen LogP contribution in [0.5, 0.6) is 11.5 Å². The van der Waals surface area contributed by atoms with Crippen molar-refractivity contribution in [2.75, 3.05) is 6.61 Å². The summed E-state index contributed by atoms with van der Waals surface area (Å²) in [5.41, 5.74) is 1.09. The van der Waals surface area contributed by atoms with E-state index in [1.165, 1.54) is 12.1 Å². The molecule has 0 fully saturated rings. The van der Waals surface area contributed by atoms with Gasteiger partial charge in [0, 0.05) is 12.1 Å². The number of hydrogen-bond acceptors (Lipinski definition) is 2. The summed E-state index contributed by atoms with van der Waals surface area (Å²) in [6, 6.07) is 12.7. The van der Waals surface area contributed by atoms with E-state index in [1.807, 2.05) is 42.5 Å². The minimum atomic E-state index is 0.0159. The zero-order valence-corrected chi connectivity index (χ0v) is 11.5. The second-order valence-electron chi connectivity index (χ2n) is 3.86. The molecule has 0 aromatic heterocycles. The lowest BCUT2D eigenvalue weighted by molar-refractivity contribution is 0.363. The van der Waals surface area contributed by atoms with Crippen LogP contribution in [0.25, 0.3) is 6.08 Å². The predicted molar refractivity (Wildman–Crippen MR) is 79.1 cm³/mol. The second kappa shape index (κ2) is 6.50. The topological polar surface area (TPSA) is 29.5 Å². The fourth-order valence-corrected chi connectivity index (χ4v) is 2.15. The molecule has 4 heteroatoms. The molecule has 19 heavy (non-hydrogen) atoms. The van der Waals surface area contributed by atoms with Crippen molar-refractivity contribution in [3.63, 3.8) is 0 Å². The molecule has 1 N–H and O–H groups in total. The van der Waals surface area contributed by atoms with Gasteiger partial charge in [0.2, 0.25) is 0 Å². The number of halogens is 2. The van der Waals surface area contributed by atoms with E-state index in [2.05, 4.69) is 0 Å². The van der Waals surface area contributed by atoms with E-state index >= 15 is 0 Å². The van der Waals surface area contributed by atoms with Crippen LogP contribution in [0, 0.1) is 0 Å². The van der Waals surface area contributed by atoms with Crippen LogP contribution in [0.4, 0.5) is 0 Å². The van der Waals surface area contributed by atoms with Gasteiger partial charge in [-0.2, -0.15) is 0 Å². The molecule has 0 atom stereocenters. The third-order valence-electron chi connectivity index (χ3n) is 2.42. The van der Waals surface area contributed by atoms with Crippen molar-refractivity contribution in [2.24, 2.45) is 0 Å². The Morgan fingerprint density at radius 3 is 2.32 bits per heavy atom. The Morgan fingerprint density at radius 2 is 1.68 bits per heavy atom. The van der Waals surface area contributed by atoms with E-state index in [0.29, 0.717) is 12.4 Å². The second-order valence-corrected chi connectivity index (χ2v) is 4.68. The van der Waals surface area contributed by atoms with E-state index in [4.69, 9.17) is 27.9 Å². The molecule has 0 unspecified atom stereocenters. The van der Waals surface area contributed by atoms with Crippen molar-refractivity contribution in [1.29, 1.82) is 0 Å². The Hall–Kier alpha value is -1.64. The summed E-state index contributed by atoms with van der Waals surface area (Å²) in [6.45, 7) is 0.346. The first-order chi connectivity index (χ1) is 9.16. The third kappa shape index (κ3) is 3.91. The van der Waals surface area contributed by atoms with Gasteiger partial charge in [-0.25, -0.2) is 0 Å². The molecule has 2 rings (SSSR count). The fourth-order valence-electron chi connectivity index (χ4n) is 1.56. The van der Waals surface area contributed by atoms with Crippen molar-refractivity contribution in [3.05, 3.63) is 64.1 Å². The van der Waals surface area contributed by atoms with E-state index in [0.717, 1.165) is 5.56 Å². The SMILES string of the molecule is Oc1cc(Cl)c(OCC=Cc2ccccc2)c(Cl)c1. The largest absolute Gasteiger partial charge is 0.508 e. The summed E-state index contributed by atoms with van der Waals surface area (Å²) in [5.74, 6) is 0.390. The molecule has 0 amide bonds. The van der Waals surface area contributed by atoms with Crippen molar-refractivity contribution in [1.82, 2.24) is 0 Å². The van der Waals surface area contributed by atoms with E-state index in [1.54, 1.807) is 0 Å². The Balaban J connectivity index is 1.98. The predicted octanol–water partition coefficient (Wildman–Crippen LogP) is 4.79. The lowest BCUT2D eigenvalue weighted by atomic mass is 10.2. The molecule has 0 aliphatic heterocycles. The Bertz CT molecular complexity index is 557. The van der Waals surface area contributed by atoms with Crippen molar-refractivity contribution in [2.45, 2.75) is 0 Å². The molecule has 2 aromatic rings. The molecule has 2 nitrogen and oxygen atoms in total. The molecule has 98 valence electrons. The average Bonchev–Trinajstić information content (AvgIpc) is 2.38. The summed E-state index contributed by atoms with van der Waals surface area (Å²) >= 11 is 11.9. The average molecular weight is 295 g/mol. The van der Waals surface area contributed by atoms with Gasteiger partial charge in [0.25, 0.3) is 0 Å². The number of hydrogen-bond donors (Lipinski definition) is 1. The number of ether oxygens (including phenoxy) is 1. The lowest BCUT2D eigenvalue weighted by Gasteiger charge is -2.08. The number of phenols is 1. The van der Waals surface area contributed by atoms with Crippen LogP contribution in [-0.2, 0) is 0 Å². The molecule has 0 saturated carbocycles. The third-order valence-corrected chi connectivity index (χ3v) is 2.98. The Kier molecular flexibility index (Phi) is 4.72. The number of rotatable bonds is 4. The molecule has 0 saturated heterocycles. The van der Waals surface area contributed by atoms with Crippen molar-refractivity contribution >= 4 is 29.3 Å². The molecule has 0 heterocycles. The normalized spacial score (nSPS) is 10.8. The molecule has 0 aliphatic carbocycles. The van der Waals surface area contributed by atoms with Gasteiger partial charge < -0.3 is 9.84 Å². The minimum Gasteiger partial charge on any atom is -0.508 e. The number of aromatic hydroxyl groups is 1. The quantitative estimate of drug-likeness (QED) is 0.878. The highest BCUT2D eigenvalue weighted by Crippen LogP contribution is 2.36. The summed E-state index contributed by atoms with van der Waals surface area (Å²) in [6.07, 6.45) is 3.82. The van der Waals surface area contributed by atoms with Gasteiger partial charge in [0.15, 0.2) is 5.75 Å². The maximum Gasteiger partial charge on any atom is 0.157 e. The van der Waals surface area contributed by atoms with E-state index in [-0.39, 0.29) is 15.8 Å². The standard InChI is InChI=1S/C15H12Cl2O2/c16-13-9-12(18)10-14(17)15(13)19-8-4-7-11-5-2-1-3-6-11/h1-7,9-10,18H,8H2. The number of benzene rings is 2. The van der Waals surface area contributed by atoms with Crippen LogP contribution < -0.4 is 4.74 Å². The van der Waals surface area contributed by atoms with Gasteiger partial charge in [-0.05, 0) is 11.6 Å². The summed E-state index contributed by atoms with van der Waals surface area (Å²) in [4.78, 5) is 0. The van der Waals surface area contributed by atoms with Crippen molar-refractivity contribution in [3.8, 4) is 11.5 Å². The Labute approximate surface area is 121 Å². The molecule has 2 aromatic carbocycles. The Morgan fingerprint density at radius 1 is 1.05 bits per heavy atom. The maximum atomic E-state index is 9.30. The highest BCUT2D eigenvalue weighted by Gasteiger charge is 2.08. The van der Waals surface area contributed by atoms with Crippen molar-refractivity contribution < 1.29 is 9.84 Å². The van der Waals surface area contributed by atoms with Crippen LogP contribution in [0.2, 0.25) is 10.0 Å².